The first-order valence-electron chi connectivity index (χ1n) is 23.6. The van der Waals surface area contributed by atoms with Gasteiger partial charge in [-0.25, -0.2) is 0 Å². The summed E-state index contributed by atoms with van der Waals surface area (Å²) in [7, 11) is 0. The van der Waals surface area contributed by atoms with Crippen LogP contribution in [0.1, 0.15) is 52.0 Å². The molecule has 0 atom stereocenters. The van der Waals surface area contributed by atoms with Crippen LogP contribution in [-0.2, 0) is 26.4 Å². The van der Waals surface area contributed by atoms with Crippen molar-refractivity contribution in [3.8, 4) is 23.0 Å². The fourth-order valence-corrected chi connectivity index (χ4v) is 14.2. The van der Waals surface area contributed by atoms with Gasteiger partial charge in [0.05, 0.1) is 5.56 Å². The number of allylic oxidation sites excluding steroid dienone is 1. The summed E-state index contributed by atoms with van der Waals surface area (Å²) in [5.74, 6) is 2.77. The van der Waals surface area contributed by atoms with Crippen LogP contribution in [0.15, 0.2) is 255 Å². The zero-order chi connectivity index (χ0) is 49.8. The molecular weight excluding hydrogens is 1010 g/mol. The summed E-state index contributed by atoms with van der Waals surface area (Å²) < 4.78 is 21.2. The maximum absolute atomic E-state index is 11.8. The van der Waals surface area contributed by atoms with E-state index in [0.29, 0.717) is 43.5 Å². The fraction of sp³-hybridized carbons (Fsp3) is 0.109. The van der Waals surface area contributed by atoms with E-state index in [1.165, 1.54) is 22.8 Å². The Labute approximate surface area is 433 Å². The first-order chi connectivity index (χ1) is 34.6. The summed E-state index contributed by atoms with van der Waals surface area (Å²) in [5, 5.41) is 4.25. The fourth-order valence-electron chi connectivity index (χ4n) is 7.81. The zero-order valence-electron chi connectivity index (χ0n) is 40.6. The number of rotatable bonds is 17. The van der Waals surface area contributed by atoms with E-state index >= 15 is 0 Å². The number of Topliss-reactive ketones (excluding diaryl/α,β-unsaturated/α-hetero) is 1. The molecule has 0 N–H and O–H groups in total. The van der Waals surface area contributed by atoms with E-state index in [2.05, 4.69) is 151 Å². The third kappa shape index (κ3) is 14.4. The van der Waals surface area contributed by atoms with Crippen molar-refractivity contribution >= 4 is 53.6 Å². The van der Waals surface area contributed by atoms with Crippen LogP contribution in [0, 0.1) is 0 Å². The van der Waals surface area contributed by atoms with Gasteiger partial charge in [-0.2, -0.15) is 0 Å². The number of ether oxygens (including phenoxy) is 4. The Morgan fingerprint density at radius 2 is 0.662 bits per heavy atom. The number of ketones is 1. The van der Waals surface area contributed by atoms with E-state index in [0.717, 1.165) is 44.9 Å². The minimum atomic E-state index is -2.40. The van der Waals surface area contributed by atoms with Gasteiger partial charge in [0.2, 0.25) is 0 Å². The second kappa shape index (κ2) is 25.6. The third-order valence-corrected chi connectivity index (χ3v) is 21.4. The summed E-state index contributed by atoms with van der Waals surface area (Å²) >= 11 is 2.74. The van der Waals surface area contributed by atoms with Gasteiger partial charge < -0.3 is 18.9 Å². The standard InChI is InChI=1S/C23H22O2.C22H20O3.C19H18IP/c1-18(2)22-14-13-21(24-16-19-9-5-3-6-10-19)15-23(22)25-17-20-11-7-4-8-12-20;1-17(23)21-13-12-20(24-15-18-8-4-2-5-9-18)14-22(21)25-16-19-10-6-3-7-11-19;1-21(20,17-11-5-2-6-12-17,18-13-7-3-8-14-18)19-15-9-4-10-16-19/h3-15H,1,16-17H2,2H3;2-14H,15-16H2,1H3;2-16H,1H3. The van der Waals surface area contributed by atoms with Crippen molar-refractivity contribution in [2.24, 2.45) is 0 Å². The van der Waals surface area contributed by atoms with Crippen LogP contribution in [0.25, 0.3) is 5.57 Å². The average molecular weight is 1070 g/mol. The third-order valence-electron chi connectivity index (χ3n) is 11.8. The van der Waals surface area contributed by atoms with Gasteiger partial charge in [-0.15, -0.1) is 0 Å². The second-order valence-electron chi connectivity index (χ2n) is 17.2. The van der Waals surface area contributed by atoms with Gasteiger partial charge in [-0.05, 0) is 65.9 Å². The van der Waals surface area contributed by atoms with E-state index in [1.807, 2.05) is 122 Å². The predicted molar refractivity (Wildman–Crippen MR) is 306 cm³/mol. The van der Waals surface area contributed by atoms with Crippen molar-refractivity contribution in [2.75, 3.05) is 6.66 Å². The van der Waals surface area contributed by atoms with Crippen molar-refractivity contribution in [1.29, 1.82) is 0 Å². The molecule has 0 radical (unpaired) electrons. The zero-order valence-corrected chi connectivity index (χ0v) is 43.6. The number of benzene rings is 9. The van der Waals surface area contributed by atoms with E-state index in [9.17, 15) is 4.79 Å². The van der Waals surface area contributed by atoms with Crippen LogP contribution in [0.2, 0.25) is 0 Å². The molecule has 0 heterocycles. The Kier molecular flexibility index (Phi) is 18.6. The molecule has 0 aliphatic rings. The number of hydrogen-bond donors (Lipinski definition) is 0. The molecule has 9 aromatic carbocycles. The van der Waals surface area contributed by atoms with Crippen molar-refractivity contribution < 1.29 is 23.7 Å². The molecule has 0 saturated heterocycles. The topological polar surface area (TPSA) is 54.0 Å². The molecular formula is C64H60IO5P. The SMILES string of the molecule is C=C(C)c1ccc(OCc2ccccc2)cc1OCc1ccccc1.CC(=O)c1ccc(OCc2ccccc2)cc1OCc1ccccc1.CP(I)(c1ccccc1)(c1ccccc1)c1ccccc1. The van der Waals surface area contributed by atoms with E-state index in [4.69, 9.17) is 18.9 Å². The van der Waals surface area contributed by atoms with Crippen molar-refractivity contribution in [3.63, 3.8) is 0 Å². The molecule has 0 saturated carbocycles. The van der Waals surface area contributed by atoms with Gasteiger partial charge in [0.15, 0.2) is 5.78 Å². The van der Waals surface area contributed by atoms with Gasteiger partial charge in [0.1, 0.15) is 49.4 Å². The first-order valence-corrected chi connectivity index (χ1v) is 29.0. The maximum atomic E-state index is 11.8. The summed E-state index contributed by atoms with van der Waals surface area (Å²) in [6, 6.07) is 84.0. The normalized spacial score (nSPS) is 11.2. The molecule has 0 fully saturated rings. The molecule has 71 heavy (non-hydrogen) atoms. The minimum absolute atomic E-state index is 0.0299. The van der Waals surface area contributed by atoms with Crippen LogP contribution in [-0.4, -0.2) is 12.4 Å². The number of hydrogen-bond acceptors (Lipinski definition) is 5. The molecule has 5 nitrogen and oxygen atoms in total. The number of halogens is 1. The molecule has 0 aliphatic carbocycles. The Morgan fingerprint density at radius 1 is 0.394 bits per heavy atom. The van der Waals surface area contributed by atoms with E-state index in [-0.39, 0.29) is 5.78 Å². The monoisotopic (exact) mass is 1070 g/mol. The molecule has 7 heteroatoms. The average Bonchev–Trinajstić information content (AvgIpc) is 3.43. The van der Waals surface area contributed by atoms with E-state index in [1.54, 1.807) is 18.2 Å². The molecule has 9 rings (SSSR count). The Bertz CT molecular complexity index is 2800. The van der Waals surface area contributed by atoms with Crippen LogP contribution in [0.4, 0.5) is 0 Å². The van der Waals surface area contributed by atoms with E-state index < -0.39 is 4.25 Å². The Hall–Kier alpha value is -7.25. The number of carbonyl (C=O) groups excluding carboxylic acids is 1. The van der Waals surface area contributed by atoms with Gasteiger partial charge in [0, 0.05) is 17.7 Å². The molecule has 358 valence electrons. The molecule has 0 bridgehead atoms. The van der Waals surface area contributed by atoms with Gasteiger partial charge >= 0.3 is 140 Å². The Morgan fingerprint density at radius 3 is 0.958 bits per heavy atom. The molecule has 0 unspecified atom stereocenters. The van der Waals surface area contributed by atoms with Gasteiger partial charge in [-0.3, -0.25) is 4.79 Å². The number of carbonyl (C=O) groups is 1. The molecule has 0 amide bonds. The van der Waals surface area contributed by atoms with Gasteiger partial charge in [-0.1, -0.05) is 128 Å². The summed E-state index contributed by atoms with van der Waals surface area (Å²) in [6.45, 7) is 11.9. The predicted octanol–water partition coefficient (Wildman–Crippen LogP) is 15.4. The molecule has 0 aromatic heterocycles. The van der Waals surface area contributed by atoms with Crippen LogP contribution in [0.3, 0.4) is 0 Å². The first kappa shape index (κ1) is 51.6. The van der Waals surface area contributed by atoms with Gasteiger partial charge in [0.25, 0.3) is 0 Å². The summed E-state index contributed by atoms with van der Waals surface area (Å²) in [6.07, 6.45) is 0. The van der Waals surface area contributed by atoms with Crippen LogP contribution in [0.5, 0.6) is 23.0 Å². The summed E-state index contributed by atoms with van der Waals surface area (Å²) in [5.41, 5.74) is 6.94. The summed E-state index contributed by atoms with van der Waals surface area (Å²) in [4.78, 5) is 11.8. The van der Waals surface area contributed by atoms with Crippen molar-refractivity contribution in [1.82, 2.24) is 0 Å². The van der Waals surface area contributed by atoms with Crippen LogP contribution < -0.4 is 34.9 Å². The second-order valence-corrected chi connectivity index (χ2v) is 28.8. The quantitative estimate of drug-likeness (QED) is 0.0517. The Balaban J connectivity index is 0.000000157. The van der Waals surface area contributed by atoms with Crippen molar-refractivity contribution in [2.45, 2.75) is 40.3 Å². The molecule has 0 spiro atoms. The molecule has 9 aromatic rings. The van der Waals surface area contributed by atoms with Crippen LogP contribution >= 0.6 is 26.3 Å². The van der Waals surface area contributed by atoms with Crippen molar-refractivity contribution in [3.05, 3.63) is 289 Å². The molecule has 0 aliphatic heterocycles.